The Bertz CT molecular complexity index is 527. The average molecular weight is 367 g/mol. The molecule has 1 atom stereocenters. The molecule has 1 aliphatic heterocycles. The molecule has 1 heterocycles. The number of rotatable bonds is 2. The molecule has 5 nitrogen and oxygen atoms in total. The van der Waals surface area contributed by atoms with Gasteiger partial charge in [0.15, 0.2) is 0 Å². The minimum atomic E-state index is -0.499. The fourth-order valence-corrected chi connectivity index (χ4v) is 2.95. The van der Waals surface area contributed by atoms with Crippen LogP contribution >= 0.6 is 40.1 Å². The molecule has 1 saturated heterocycles. The van der Waals surface area contributed by atoms with Gasteiger partial charge in [-0.1, -0.05) is 27.7 Å². The molecule has 2 amide bonds. The number of carbonyl (C=O) groups excluding carboxylic acids is 2. The summed E-state index contributed by atoms with van der Waals surface area (Å²) in [6.07, 6.45) is 0. The Hall–Kier alpha value is -0.920. The fourth-order valence-electron chi connectivity index (χ4n) is 1.60. The Kier molecular flexibility index (Phi) is 5.51. The highest BCUT2D eigenvalue weighted by Gasteiger charge is 2.28. The molecule has 8 heteroatoms. The number of benzene rings is 1. The lowest BCUT2D eigenvalue weighted by atomic mass is 10.1. The van der Waals surface area contributed by atoms with E-state index in [1.54, 1.807) is 6.07 Å². The van der Waals surface area contributed by atoms with Gasteiger partial charge in [-0.05, 0) is 24.6 Å². The van der Waals surface area contributed by atoms with Crippen molar-refractivity contribution < 1.29 is 9.59 Å². The Labute approximate surface area is 129 Å². The number of nitrogens with two attached hydrogens (primary N) is 1. The number of halogens is 2. The molecule has 0 aliphatic carbocycles. The van der Waals surface area contributed by atoms with Crippen LogP contribution in [0, 0.1) is 6.92 Å². The van der Waals surface area contributed by atoms with E-state index in [-0.39, 0.29) is 23.6 Å². The highest BCUT2D eigenvalue weighted by Crippen LogP contribution is 2.28. The van der Waals surface area contributed by atoms with Crippen molar-refractivity contribution in [3.63, 3.8) is 0 Å². The monoisotopic (exact) mass is 365 g/mol. The second-order valence-electron chi connectivity index (χ2n) is 3.97. The second kappa shape index (κ2) is 6.49. The number of hydrogen-bond acceptors (Lipinski definition) is 4. The zero-order valence-electron chi connectivity index (χ0n) is 10.0. The first-order chi connectivity index (χ1) is 8.47. The number of nitrogens with one attached hydrogen (secondary N) is 2. The number of aryl methyl sites for hydroxylation is 1. The SMILES string of the molecule is Cc1cc(Br)cc(NC(=O)[C@@H]2CSC(=O)N2)c1N.Cl. The number of amides is 2. The zero-order chi connectivity index (χ0) is 13.3. The Morgan fingerprint density at radius 1 is 1.58 bits per heavy atom. The first-order valence-electron chi connectivity index (χ1n) is 5.27. The average Bonchev–Trinajstić information content (AvgIpc) is 2.72. The number of thioether (sulfide) groups is 1. The Morgan fingerprint density at radius 3 is 2.84 bits per heavy atom. The van der Waals surface area contributed by atoms with Gasteiger partial charge in [-0.25, -0.2) is 0 Å². The lowest BCUT2D eigenvalue weighted by Crippen LogP contribution is -2.38. The maximum absolute atomic E-state index is 11.9. The highest BCUT2D eigenvalue weighted by molar-refractivity contribution is 9.10. The summed E-state index contributed by atoms with van der Waals surface area (Å²) in [4.78, 5) is 23.0. The van der Waals surface area contributed by atoms with Crippen LogP contribution in [0.15, 0.2) is 16.6 Å². The van der Waals surface area contributed by atoms with E-state index in [1.165, 1.54) is 0 Å². The third-order valence-electron chi connectivity index (χ3n) is 2.60. The topological polar surface area (TPSA) is 84.2 Å². The number of carbonyl (C=O) groups is 2. The standard InChI is InChI=1S/C11H12BrN3O2S.ClH/c1-5-2-6(12)3-7(9(5)13)14-10(16)8-4-18-11(17)15-8;/h2-3,8H,4,13H2,1H3,(H,14,16)(H,15,17);1H/t8-;/m0./s1. The first kappa shape index (κ1) is 16.1. The van der Waals surface area contributed by atoms with Crippen LogP contribution in [0.2, 0.25) is 0 Å². The van der Waals surface area contributed by atoms with Gasteiger partial charge >= 0.3 is 0 Å². The van der Waals surface area contributed by atoms with E-state index >= 15 is 0 Å². The minimum absolute atomic E-state index is 0. The van der Waals surface area contributed by atoms with Crippen LogP contribution in [-0.4, -0.2) is 22.9 Å². The minimum Gasteiger partial charge on any atom is -0.397 e. The number of nitrogen functional groups attached to an aromatic ring is 1. The maximum atomic E-state index is 11.9. The molecule has 0 spiro atoms. The van der Waals surface area contributed by atoms with Crippen molar-refractivity contribution in [1.29, 1.82) is 0 Å². The number of anilines is 2. The molecule has 1 fully saturated rings. The predicted octanol–water partition coefficient (Wildman–Crippen LogP) is 2.53. The third-order valence-corrected chi connectivity index (χ3v) is 3.94. The van der Waals surface area contributed by atoms with Crippen molar-refractivity contribution in [2.75, 3.05) is 16.8 Å². The Balaban J connectivity index is 0.00000180. The molecular formula is C11H13BrClN3O2S. The normalized spacial score (nSPS) is 17.6. The molecule has 1 aromatic carbocycles. The van der Waals surface area contributed by atoms with Gasteiger partial charge < -0.3 is 16.4 Å². The van der Waals surface area contributed by atoms with Crippen LogP contribution in [0.1, 0.15) is 5.56 Å². The summed E-state index contributed by atoms with van der Waals surface area (Å²) < 4.78 is 0.842. The lowest BCUT2D eigenvalue weighted by Gasteiger charge is -2.14. The van der Waals surface area contributed by atoms with Gasteiger partial charge in [0.25, 0.3) is 5.24 Å². The molecule has 1 aromatic rings. The van der Waals surface area contributed by atoms with Crippen molar-refractivity contribution >= 4 is 62.6 Å². The summed E-state index contributed by atoms with van der Waals surface area (Å²) in [7, 11) is 0. The van der Waals surface area contributed by atoms with Crippen LogP contribution in [0.5, 0.6) is 0 Å². The van der Waals surface area contributed by atoms with Crippen LogP contribution in [-0.2, 0) is 4.79 Å². The smallest absolute Gasteiger partial charge is 0.279 e. The summed E-state index contributed by atoms with van der Waals surface area (Å²) in [6.45, 7) is 1.86. The molecule has 19 heavy (non-hydrogen) atoms. The highest BCUT2D eigenvalue weighted by atomic mass is 79.9. The van der Waals surface area contributed by atoms with E-state index in [2.05, 4.69) is 26.6 Å². The number of hydrogen-bond donors (Lipinski definition) is 3. The van der Waals surface area contributed by atoms with Crippen LogP contribution < -0.4 is 16.4 Å². The van der Waals surface area contributed by atoms with Gasteiger partial charge in [-0.2, -0.15) is 0 Å². The maximum Gasteiger partial charge on any atom is 0.279 e. The van der Waals surface area contributed by atoms with Crippen molar-refractivity contribution in [3.8, 4) is 0 Å². The molecule has 0 bridgehead atoms. The third kappa shape index (κ3) is 3.77. The molecule has 4 N–H and O–H groups in total. The van der Waals surface area contributed by atoms with Crippen molar-refractivity contribution in [3.05, 3.63) is 22.2 Å². The van der Waals surface area contributed by atoms with E-state index < -0.39 is 6.04 Å². The largest absolute Gasteiger partial charge is 0.397 e. The van der Waals surface area contributed by atoms with Gasteiger partial charge in [0, 0.05) is 10.2 Å². The predicted molar refractivity (Wildman–Crippen MR) is 83.9 cm³/mol. The molecule has 0 aromatic heterocycles. The summed E-state index contributed by atoms with van der Waals surface area (Å²) >= 11 is 4.45. The lowest BCUT2D eigenvalue weighted by molar-refractivity contribution is -0.117. The molecule has 1 aliphatic rings. The molecular weight excluding hydrogens is 354 g/mol. The summed E-state index contributed by atoms with van der Waals surface area (Å²) in [5.74, 6) is 0.190. The van der Waals surface area contributed by atoms with Gasteiger partial charge in [0.05, 0.1) is 11.4 Å². The zero-order valence-corrected chi connectivity index (χ0v) is 13.2. The summed E-state index contributed by atoms with van der Waals surface area (Å²) in [5, 5.41) is 5.14. The first-order valence-corrected chi connectivity index (χ1v) is 7.05. The summed E-state index contributed by atoms with van der Waals surface area (Å²) in [5.41, 5.74) is 7.86. The van der Waals surface area contributed by atoms with Crippen molar-refractivity contribution in [2.45, 2.75) is 13.0 Å². The van der Waals surface area contributed by atoms with Gasteiger partial charge in [0.1, 0.15) is 6.04 Å². The molecule has 0 saturated carbocycles. The van der Waals surface area contributed by atoms with E-state index in [1.807, 2.05) is 13.0 Å². The van der Waals surface area contributed by atoms with E-state index in [0.717, 1.165) is 21.8 Å². The van der Waals surface area contributed by atoms with E-state index in [4.69, 9.17) is 5.73 Å². The fraction of sp³-hybridized carbons (Fsp3) is 0.273. The molecule has 104 valence electrons. The van der Waals surface area contributed by atoms with Crippen molar-refractivity contribution in [1.82, 2.24) is 5.32 Å². The van der Waals surface area contributed by atoms with Crippen LogP contribution in [0.25, 0.3) is 0 Å². The van der Waals surface area contributed by atoms with Crippen LogP contribution in [0.3, 0.4) is 0 Å². The van der Waals surface area contributed by atoms with E-state index in [9.17, 15) is 9.59 Å². The second-order valence-corrected chi connectivity index (χ2v) is 5.88. The summed E-state index contributed by atoms with van der Waals surface area (Å²) in [6, 6.07) is 3.11. The van der Waals surface area contributed by atoms with Gasteiger partial charge in [-0.3, -0.25) is 9.59 Å². The van der Waals surface area contributed by atoms with Crippen LogP contribution in [0.4, 0.5) is 16.2 Å². The molecule has 0 radical (unpaired) electrons. The molecule has 2 rings (SSSR count). The van der Waals surface area contributed by atoms with Crippen molar-refractivity contribution in [2.24, 2.45) is 0 Å². The Morgan fingerprint density at radius 2 is 2.26 bits per heavy atom. The quantitative estimate of drug-likeness (QED) is 0.702. The van der Waals surface area contributed by atoms with Gasteiger partial charge in [0.2, 0.25) is 5.91 Å². The van der Waals surface area contributed by atoms with Gasteiger partial charge in [-0.15, -0.1) is 12.4 Å². The molecule has 0 unspecified atom stereocenters. The van der Waals surface area contributed by atoms with E-state index in [0.29, 0.717) is 17.1 Å².